The first-order valence-corrected chi connectivity index (χ1v) is 8.73. The molecule has 1 aromatic rings. The number of allylic oxidation sites excluding steroid dienone is 2. The predicted molar refractivity (Wildman–Crippen MR) is 88.8 cm³/mol. The standard InChI is InChI=1S/C18H15N3O6/c22-13-4-1-7(21(26)27)5-12(13)16(23)19-20-17(24)14-8-2-3-9(11-6-10(8)11)15(14)18(20)25/h1-5,8-11,14-15,22H,6H2,(H,19,23). The van der Waals surface area contributed by atoms with Gasteiger partial charge in [-0.3, -0.25) is 29.9 Å². The minimum Gasteiger partial charge on any atom is -0.507 e. The summed E-state index contributed by atoms with van der Waals surface area (Å²) in [6.07, 6.45) is 5.07. The highest BCUT2D eigenvalue weighted by atomic mass is 16.6. The van der Waals surface area contributed by atoms with Crippen molar-refractivity contribution in [2.24, 2.45) is 35.5 Å². The number of hydrogen-bond acceptors (Lipinski definition) is 6. The Hall–Kier alpha value is -3.23. The third-order valence-electron chi connectivity index (χ3n) is 6.31. The van der Waals surface area contributed by atoms with Crippen molar-refractivity contribution in [3.63, 3.8) is 0 Å². The van der Waals surface area contributed by atoms with Crippen LogP contribution in [0.3, 0.4) is 0 Å². The number of benzene rings is 1. The Labute approximate surface area is 152 Å². The number of rotatable bonds is 3. The molecule has 27 heavy (non-hydrogen) atoms. The second kappa shape index (κ2) is 5.15. The van der Waals surface area contributed by atoms with Gasteiger partial charge in [-0.25, -0.2) is 0 Å². The lowest BCUT2D eigenvalue weighted by Gasteiger charge is -2.37. The summed E-state index contributed by atoms with van der Waals surface area (Å²) in [5.74, 6) is -2.32. The molecule has 6 unspecified atom stereocenters. The summed E-state index contributed by atoms with van der Waals surface area (Å²) in [5, 5.41) is 21.5. The topological polar surface area (TPSA) is 130 Å². The molecule has 3 amide bonds. The summed E-state index contributed by atoms with van der Waals surface area (Å²) in [5.41, 5.74) is 1.49. The zero-order chi connectivity index (χ0) is 19.0. The number of nitrogens with one attached hydrogen (secondary N) is 1. The van der Waals surface area contributed by atoms with E-state index in [4.69, 9.17) is 0 Å². The third-order valence-corrected chi connectivity index (χ3v) is 6.31. The molecule has 3 fully saturated rings. The molecular weight excluding hydrogens is 354 g/mol. The lowest BCUT2D eigenvalue weighted by atomic mass is 9.63. The molecule has 9 heteroatoms. The zero-order valence-electron chi connectivity index (χ0n) is 13.9. The molecule has 6 rings (SSSR count). The van der Waals surface area contributed by atoms with Crippen LogP contribution >= 0.6 is 0 Å². The Kier molecular flexibility index (Phi) is 3.05. The van der Waals surface area contributed by atoms with Crippen molar-refractivity contribution >= 4 is 23.4 Å². The Morgan fingerprint density at radius 2 is 1.74 bits per heavy atom. The highest BCUT2D eigenvalue weighted by Gasteiger charge is 2.67. The quantitative estimate of drug-likeness (QED) is 0.354. The molecule has 1 saturated heterocycles. The van der Waals surface area contributed by atoms with Gasteiger partial charge < -0.3 is 5.11 Å². The molecule has 1 heterocycles. The first-order chi connectivity index (χ1) is 12.9. The van der Waals surface area contributed by atoms with E-state index < -0.39 is 40.2 Å². The van der Waals surface area contributed by atoms with Crippen LogP contribution in [0, 0.1) is 45.6 Å². The third kappa shape index (κ3) is 2.08. The van der Waals surface area contributed by atoms with E-state index in [0.717, 1.165) is 29.6 Å². The molecule has 138 valence electrons. The first kappa shape index (κ1) is 16.0. The minimum absolute atomic E-state index is 0.0227. The van der Waals surface area contributed by atoms with Crippen molar-refractivity contribution < 1.29 is 24.4 Å². The van der Waals surface area contributed by atoms with Gasteiger partial charge in [0.2, 0.25) is 0 Å². The van der Waals surface area contributed by atoms with Crippen molar-refractivity contribution in [2.45, 2.75) is 6.42 Å². The number of nitro groups is 1. The fourth-order valence-corrected chi connectivity index (χ4v) is 5.05. The number of nitrogens with zero attached hydrogens (tertiary/aromatic N) is 2. The molecule has 9 nitrogen and oxygen atoms in total. The van der Waals surface area contributed by atoms with Gasteiger partial charge in [-0.2, -0.15) is 5.01 Å². The normalized spacial score (nSPS) is 35.0. The number of hydrogen-bond donors (Lipinski definition) is 2. The van der Waals surface area contributed by atoms with Crippen LogP contribution < -0.4 is 5.43 Å². The highest BCUT2D eigenvalue weighted by molar-refractivity contribution is 6.09. The van der Waals surface area contributed by atoms with Crippen molar-refractivity contribution in [3.8, 4) is 5.75 Å². The average Bonchev–Trinajstić information content (AvgIpc) is 3.43. The number of nitro benzene ring substituents is 1. The van der Waals surface area contributed by atoms with Gasteiger partial charge in [0, 0.05) is 12.1 Å². The molecule has 1 aliphatic heterocycles. The van der Waals surface area contributed by atoms with Crippen LogP contribution in [0.25, 0.3) is 0 Å². The summed E-state index contributed by atoms with van der Waals surface area (Å²) in [4.78, 5) is 48.3. The largest absolute Gasteiger partial charge is 0.507 e. The van der Waals surface area contributed by atoms with Crippen molar-refractivity contribution in [1.82, 2.24) is 10.4 Å². The molecule has 2 bridgehead atoms. The lowest BCUT2D eigenvalue weighted by molar-refractivity contribution is -0.384. The molecule has 0 spiro atoms. The fourth-order valence-electron chi connectivity index (χ4n) is 5.05. The number of phenols is 1. The number of amides is 3. The molecule has 0 radical (unpaired) electrons. The van der Waals surface area contributed by atoms with E-state index in [-0.39, 0.29) is 23.1 Å². The SMILES string of the molecule is O=C(NN1C(=O)C2C3C=CC(C4CC34)C2C1=O)c1cc([N+](=O)[O-])ccc1O. The number of non-ortho nitro benzene ring substituents is 1. The predicted octanol–water partition coefficient (Wildman–Crippen LogP) is 0.998. The summed E-state index contributed by atoms with van der Waals surface area (Å²) in [7, 11) is 0. The molecular formula is C18H15N3O6. The van der Waals surface area contributed by atoms with Gasteiger partial charge in [-0.1, -0.05) is 12.2 Å². The van der Waals surface area contributed by atoms with Gasteiger partial charge in [0.05, 0.1) is 22.3 Å². The number of aromatic hydroxyl groups is 1. The van der Waals surface area contributed by atoms with Crippen LogP contribution in [0.15, 0.2) is 30.4 Å². The van der Waals surface area contributed by atoms with Gasteiger partial charge in [-0.15, -0.1) is 0 Å². The van der Waals surface area contributed by atoms with E-state index >= 15 is 0 Å². The van der Waals surface area contributed by atoms with Crippen LogP contribution in [-0.2, 0) is 9.59 Å². The van der Waals surface area contributed by atoms with Gasteiger partial charge >= 0.3 is 0 Å². The Bertz CT molecular complexity index is 920. The fraction of sp³-hybridized carbons (Fsp3) is 0.389. The van der Waals surface area contributed by atoms with Crippen LogP contribution in [0.1, 0.15) is 16.8 Å². The van der Waals surface area contributed by atoms with Gasteiger partial charge in [0.1, 0.15) is 5.75 Å². The average molecular weight is 369 g/mol. The molecule has 0 aromatic heterocycles. The second-order valence-electron chi connectivity index (χ2n) is 7.57. The summed E-state index contributed by atoms with van der Waals surface area (Å²) in [6.45, 7) is 0. The van der Waals surface area contributed by atoms with E-state index in [2.05, 4.69) is 5.43 Å². The molecule has 1 aromatic carbocycles. The van der Waals surface area contributed by atoms with Crippen LogP contribution in [0.5, 0.6) is 5.75 Å². The highest BCUT2D eigenvalue weighted by Crippen LogP contribution is 2.65. The maximum Gasteiger partial charge on any atom is 0.274 e. The Morgan fingerprint density at radius 3 is 2.30 bits per heavy atom. The van der Waals surface area contributed by atoms with Crippen LogP contribution in [0.4, 0.5) is 5.69 Å². The number of imide groups is 1. The van der Waals surface area contributed by atoms with Gasteiger partial charge in [-0.05, 0) is 36.2 Å². The number of carbonyl (C=O) groups excluding carboxylic acids is 3. The molecule has 2 N–H and O–H groups in total. The zero-order valence-corrected chi connectivity index (χ0v) is 13.9. The molecule has 2 saturated carbocycles. The summed E-state index contributed by atoms with van der Waals surface area (Å²) < 4.78 is 0. The van der Waals surface area contributed by atoms with Crippen LogP contribution in [0.2, 0.25) is 0 Å². The second-order valence-corrected chi connectivity index (χ2v) is 7.57. The van der Waals surface area contributed by atoms with Crippen molar-refractivity contribution in [1.29, 1.82) is 0 Å². The van der Waals surface area contributed by atoms with E-state index in [1.165, 1.54) is 0 Å². The van der Waals surface area contributed by atoms with Crippen LogP contribution in [-0.4, -0.2) is 32.8 Å². The minimum atomic E-state index is -0.943. The molecule has 6 atom stereocenters. The molecule has 4 aliphatic carbocycles. The lowest BCUT2D eigenvalue weighted by Crippen LogP contribution is -2.47. The Morgan fingerprint density at radius 1 is 1.15 bits per heavy atom. The van der Waals surface area contributed by atoms with Gasteiger partial charge in [0.15, 0.2) is 0 Å². The molecule has 5 aliphatic rings. The van der Waals surface area contributed by atoms with Crippen molar-refractivity contribution in [2.75, 3.05) is 0 Å². The van der Waals surface area contributed by atoms with E-state index in [1.54, 1.807) is 0 Å². The summed E-state index contributed by atoms with van der Waals surface area (Å²) in [6, 6.07) is 2.99. The summed E-state index contributed by atoms with van der Waals surface area (Å²) >= 11 is 0. The van der Waals surface area contributed by atoms with E-state index in [0.29, 0.717) is 11.8 Å². The van der Waals surface area contributed by atoms with E-state index in [9.17, 15) is 29.6 Å². The Balaban J connectivity index is 1.42. The maximum absolute atomic E-state index is 12.8. The van der Waals surface area contributed by atoms with Crippen molar-refractivity contribution in [3.05, 3.63) is 46.0 Å². The van der Waals surface area contributed by atoms with Gasteiger partial charge in [0.25, 0.3) is 23.4 Å². The maximum atomic E-state index is 12.8. The number of carbonyl (C=O) groups is 3. The monoisotopic (exact) mass is 369 g/mol. The number of phenolic OH excluding ortho intramolecular Hbond substituents is 1. The van der Waals surface area contributed by atoms with E-state index in [1.807, 2.05) is 12.2 Å². The first-order valence-electron chi connectivity index (χ1n) is 8.73. The number of hydrazine groups is 1. The smallest absolute Gasteiger partial charge is 0.274 e.